The van der Waals surface area contributed by atoms with Gasteiger partial charge in [0.2, 0.25) is 0 Å². The maximum atomic E-state index is 10.6. The maximum absolute atomic E-state index is 10.6. The average molecular weight is 225 g/mol. The number of aliphatic carboxylic acids is 1. The maximum Gasteiger partial charge on any atom is 0.328 e. The van der Waals surface area contributed by atoms with Gasteiger partial charge in [-0.25, -0.2) is 4.79 Å². The van der Waals surface area contributed by atoms with Gasteiger partial charge in [-0.3, -0.25) is 0 Å². The van der Waals surface area contributed by atoms with Crippen LogP contribution in [0.5, 0.6) is 0 Å². The van der Waals surface area contributed by atoms with Crippen LogP contribution >= 0.6 is 11.6 Å². The minimum atomic E-state index is -0.932. The zero-order chi connectivity index (χ0) is 11.3. The monoisotopic (exact) mass is 224 g/mol. The highest BCUT2D eigenvalue weighted by Crippen LogP contribution is 2.26. The van der Waals surface area contributed by atoms with Crippen LogP contribution in [0.3, 0.4) is 0 Å². The molecule has 0 aliphatic carbocycles. The van der Waals surface area contributed by atoms with Crippen molar-refractivity contribution in [2.24, 2.45) is 0 Å². The van der Waals surface area contributed by atoms with Crippen LogP contribution in [-0.4, -0.2) is 11.1 Å². The van der Waals surface area contributed by atoms with Crippen LogP contribution in [0.15, 0.2) is 30.3 Å². The van der Waals surface area contributed by atoms with Gasteiger partial charge in [0.1, 0.15) is 0 Å². The summed E-state index contributed by atoms with van der Waals surface area (Å²) in [4.78, 5) is 10.6. The fourth-order valence-corrected chi connectivity index (χ4v) is 1.68. The van der Waals surface area contributed by atoms with Crippen molar-refractivity contribution in [3.05, 3.63) is 40.9 Å². The third-order valence-electron chi connectivity index (χ3n) is 2.04. The largest absolute Gasteiger partial charge is 0.478 e. The van der Waals surface area contributed by atoms with Gasteiger partial charge in [-0.15, -0.1) is 0 Å². The van der Waals surface area contributed by atoms with Crippen LogP contribution in [0, 0.1) is 0 Å². The van der Waals surface area contributed by atoms with Gasteiger partial charge in [0.15, 0.2) is 0 Å². The van der Waals surface area contributed by atoms with Crippen LogP contribution < -0.4 is 0 Å². The first-order chi connectivity index (χ1) is 7.15. The molecule has 15 heavy (non-hydrogen) atoms. The lowest BCUT2D eigenvalue weighted by atomic mass is 10.0. The van der Waals surface area contributed by atoms with Crippen LogP contribution in [0.25, 0.3) is 5.57 Å². The number of carboxylic acids is 1. The Kier molecular flexibility index (Phi) is 4.37. The van der Waals surface area contributed by atoms with Gasteiger partial charge in [0.05, 0.1) is 0 Å². The number of rotatable bonds is 4. The number of halogens is 1. The van der Waals surface area contributed by atoms with E-state index >= 15 is 0 Å². The van der Waals surface area contributed by atoms with E-state index in [0.29, 0.717) is 5.02 Å². The summed E-state index contributed by atoms with van der Waals surface area (Å²) in [6.45, 7) is 2.01. The second-order valence-corrected chi connectivity index (χ2v) is 3.64. The van der Waals surface area contributed by atoms with E-state index in [-0.39, 0.29) is 0 Å². The average Bonchev–Trinajstić information content (AvgIpc) is 2.17. The normalized spacial score (nSPS) is 11.5. The summed E-state index contributed by atoms with van der Waals surface area (Å²) in [6, 6.07) is 7.29. The highest BCUT2D eigenvalue weighted by molar-refractivity contribution is 6.32. The summed E-state index contributed by atoms with van der Waals surface area (Å²) < 4.78 is 0. The first kappa shape index (κ1) is 11.8. The highest BCUT2D eigenvalue weighted by atomic mass is 35.5. The summed E-state index contributed by atoms with van der Waals surface area (Å²) >= 11 is 6.00. The van der Waals surface area contributed by atoms with Crippen molar-refractivity contribution in [1.29, 1.82) is 0 Å². The molecule has 0 aromatic heterocycles. The number of allylic oxidation sites excluding steroid dienone is 1. The second kappa shape index (κ2) is 5.56. The standard InChI is InChI=1S/C12H13ClO2/c1-2-5-9(8-12(14)15)10-6-3-4-7-11(10)13/h3-4,6-8H,2,5H2,1H3,(H,14,15)/b9-8+. The van der Waals surface area contributed by atoms with Gasteiger partial charge < -0.3 is 5.11 Å². The lowest BCUT2D eigenvalue weighted by Gasteiger charge is -2.07. The van der Waals surface area contributed by atoms with E-state index in [9.17, 15) is 4.79 Å². The summed E-state index contributed by atoms with van der Waals surface area (Å²) in [6.07, 6.45) is 2.84. The zero-order valence-electron chi connectivity index (χ0n) is 8.53. The molecule has 0 saturated heterocycles. The molecule has 0 amide bonds. The quantitative estimate of drug-likeness (QED) is 0.794. The fraction of sp³-hybridized carbons (Fsp3) is 0.250. The lowest BCUT2D eigenvalue weighted by Crippen LogP contribution is -1.93. The molecule has 0 saturated carbocycles. The van der Waals surface area contributed by atoms with Crippen LogP contribution in [0.1, 0.15) is 25.3 Å². The Morgan fingerprint density at radius 1 is 1.47 bits per heavy atom. The van der Waals surface area contributed by atoms with E-state index in [1.54, 1.807) is 6.07 Å². The van der Waals surface area contributed by atoms with Gasteiger partial charge in [0.25, 0.3) is 0 Å². The Balaban J connectivity index is 3.10. The molecule has 0 fully saturated rings. The molecule has 0 heterocycles. The number of hydrogen-bond donors (Lipinski definition) is 1. The second-order valence-electron chi connectivity index (χ2n) is 3.24. The van der Waals surface area contributed by atoms with E-state index in [1.807, 2.05) is 25.1 Å². The van der Waals surface area contributed by atoms with Gasteiger partial charge in [-0.1, -0.05) is 43.1 Å². The topological polar surface area (TPSA) is 37.3 Å². The molecule has 2 nitrogen and oxygen atoms in total. The highest BCUT2D eigenvalue weighted by Gasteiger charge is 2.06. The third kappa shape index (κ3) is 3.40. The van der Waals surface area contributed by atoms with Crippen molar-refractivity contribution in [1.82, 2.24) is 0 Å². The lowest BCUT2D eigenvalue weighted by molar-refractivity contribution is -0.131. The Bertz CT molecular complexity index is 383. The van der Waals surface area contributed by atoms with Crippen molar-refractivity contribution < 1.29 is 9.90 Å². The van der Waals surface area contributed by atoms with Gasteiger partial charge in [-0.2, -0.15) is 0 Å². The minimum Gasteiger partial charge on any atom is -0.478 e. The summed E-state index contributed by atoms with van der Waals surface area (Å²) in [7, 11) is 0. The number of hydrogen-bond acceptors (Lipinski definition) is 1. The van der Waals surface area contributed by atoms with Crippen LogP contribution in [0.2, 0.25) is 5.02 Å². The predicted molar refractivity (Wildman–Crippen MR) is 62.0 cm³/mol. The number of carboxylic acid groups (broad SMARTS) is 1. The van der Waals surface area contributed by atoms with E-state index < -0.39 is 5.97 Å². The first-order valence-corrected chi connectivity index (χ1v) is 5.21. The summed E-state index contributed by atoms with van der Waals surface area (Å²) in [5.74, 6) is -0.932. The third-order valence-corrected chi connectivity index (χ3v) is 2.37. The van der Waals surface area contributed by atoms with Crippen molar-refractivity contribution in [3.63, 3.8) is 0 Å². The Hall–Kier alpha value is -1.28. The zero-order valence-corrected chi connectivity index (χ0v) is 9.29. The van der Waals surface area contributed by atoms with Gasteiger partial charge >= 0.3 is 5.97 Å². The van der Waals surface area contributed by atoms with E-state index in [4.69, 9.17) is 16.7 Å². The van der Waals surface area contributed by atoms with E-state index in [2.05, 4.69) is 0 Å². The van der Waals surface area contributed by atoms with Gasteiger partial charge in [-0.05, 0) is 23.6 Å². The molecule has 0 unspecified atom stereocenters. The molecular weight excluding hydrogens is 212 g/mol. The molecule has 80 valence electrons. The molecule has 1 aromatic rings. The van der Waals surface area contributed by atoms with Crippen molar-refractivity contribution in [3.8, 4) is 0 Å². The van der Waals surface area contributed by atoms with E-state index in [1.165, 1.54) is 6.08 Å². The summed E-state index contributed by atoms with van der Waals surface area (Å²) in [5.41, 5.74) is 1.58. The molecule has 1 N–H and O–H groups in total. The SMILES string of the molecule is CCC/C(=C\C(=O)O)c1ccccc1Cl. The molecule has 1 rings (SSSR count). The van der Waals surface area contributed by atoms with E-state index in [0.717, 1.165) is 24.0 Å². The molecule has 0 radical (unpaired) electrons. The Morgan fingerprint density at radius 2 is 2.13 bits per heavy atom. The predicted octanol–water partition coefficient (Wildman–Crippen LogP) is 3.61. The van der Waals surface area contributed by atoms with Crippen molar-refractivity contribution >= 4 is 23.1 Å². The molecule has 0 spiro atoms. The molecule has 0 aliphatic heterocycles. The molecule has 3 heteroatoms. The number of benzene rings is 1. The Labute approximate surface area is 94.2 Å². The molecular formula is C12H13ClO2. The van der Waals surface area contributed by atoms with Crippen molar-refractivity contribution in [2.45, 2.75) is 19.8 Å². The molecule has 1 aromatic carbocycles. The van der Waals surface area contributed by atoms with Crippen LogP contribution in [0.4, 0.5) is 0 Å². The first-order valence-electron chi connectivity index (χ1n) is 4.83. The molecule has 0 aliphatic rings. The number of carbonyl (C=O) groups is 1. The van der Waals surface area contributed by atoms with Crippen molar-refractivity contribution in [2.75, 3.05) is 0 Å². The fourth-order valence-electron chi connectivity index (χ4n) is 1.42. The smallest absolute Gasteiger partial charge is 0.328 e. The van der Waals surface area contributed by atoms with Gasteiger partial charge in [0, 0.05) is 11.1 Å². The van der Waals surface area contributed by atoms with Crippen LogP contribution in [-0.2, 0) is 4.79 Å². The minimum absolute atomic E-state index is 0.596. The molecule has 0 bridgehead atoms. The Morgan fingerprint density at radius 3 is 2.67 bits per heavy atom. The summed E-state index contributed by atoms with van der Waals surface area (Å²) in [5, 5.41) is 9.34. The molecule has 0 atom stereocenters.